The van der Waals surface area contributed by atoms with Crippen molar-refractivity contribution in [3.63, 3.8) is 0 Å². The van der Waals surface area contributed by atoms with Gasteiger partial charge in [0.15, 0.2) is 0 Å². The lowest BCUT2D eigenvalue weighted by Gasteiger charge is -2.23. The molecule has 2 aromatic rings. The lowest BCUT2D eigenvalue weighted by atomic mass is 10.0. The molecule has 0 amide bonds. The number of ether oxygens (including phenoxy) is 1. The van der Waals surface area contributed by atoms with Crippen molar-refractivity contribution in [1.82, 2.24) is 18.9 Å². The predicted molar refractivity (Wildman–Crippen MR) is 177 cm³/mol. The molecule has 1 N–H and O–H groups in total. The predicted octanol–water partition coefficient (Wildman–Crippen LogP) is 5.76. The molecule has 284 valence electrons. The maximum Gasteiger partial charge on any atom is 0.416 e. The van der Waals surface area contributed by atoms with E-state index in [2.05, 4.69) is 0 Å². The Morgan fingerprint density at radius 2 is 1.10 bits per heavy atom. The molecule has 0 radical (unpaired) electrons. The topological polar surface area (TPSA) is 114 Å². The van der Waals surface area contributed by atoms with Gasteiger partial charge in [0.25, 0.3) is 11.1 Å². The molecular formula is C34H50F6N4O6. The number of nitrogens with zero attached hydrogens (tertiary/aromatic N) is 4. The lowest BCUT2D eigenvalue weighted by molar-refractivity contribution is -0.148. The second-order valence-electron chi connectivity index (χ2n) is 13.4. The SMILES string of the molecule is CC(C)CC(C(=O)O)n1cc(CCN(C)C)c(C(F)(F)F)cc1=O.CCOC(=O)C(CC(C)C)n1cc(CCN(C)C)c(C(F)(F)F)cc1=O. The van der Waals surface area contributed by atoms with E-state index in [1.54, 1.807) is 58.8 Å². The van der Waals surface area contributed by atoms with Crippen molar-refractivity contribution in [3.8, 4) is 0 Å². The van der Waals surface area contributed by atoms with Crippen molar-refractivity contribution in [3.05, 3.63) is 67.5 Å². The fourth-order valence-electron chi connectivity index (χ4n) is 5.07. The summed E-state index contributed by atoms with van der Waals surface area (Å²) in [6.07, 6.45) is -6.43. The number of pyridine rings is 2. The number of halogens is 6. The molecule has 0 spiro atoms. The Morgan fingerprint density at radius 1 is 0.740 bits per heavy atom. The molecule has 0 aliphatic heterocycles. The first-order valence-corrected chi connectivity index (χ1v) is 16.2. The van der Waals surface area contributed by atoms with E-state index in [1.165, 1.54) is 6.20 Å². The Balaban J connectivity index is 0.000000502. The lowest BCUT2D eigenvalue weighted by Crippen LogP contribution is -2.33. The highest BCUT2D eigenvalue weighted by Gasteiger charge is 2.36. The molecule has 2 atom stereocenters. The Morgan fingerprint density at radius 3 is 1.40 bits per heavy atom. The summed E-state index contributed by atoms with van der Waals surface area (Å²) in [5.74, 6) is -1.81. The van der Waals surface area contributed by atoms with Gasteiger partial charge in [-0.2, -0.15) is 26.3 Å². The summed E-state index contributed by atoms with van der Waals surface area (Å²) < 4.78 is 86.5. The van der Waals surface area contributed by atoms with E-state index in [0.29, 0.717) is 31.6 Å². The Labute approximate surface area is 288 Å². The van der Waals surface area contributed by atoms with Crippen molar-refractivity contribution in [1.29, 1.82) is 0 Å². The van der Waals surface area contributed by atoms with Gasteiger partial charge in [0.2, 0.25) is 0 Å². The minimum absolute atomic E-state index is 0.0103. The molecule has 0 bridgehead atoms. The third-order valence-corrected chi connectivity index (χ3v) is 7.50. The van der Waals surface area contributed by atoms with E-state index in [-0.39, 0.29) is 48.8 Å². The summed E-state index contributed by atoms with van der Waals surface area (Å²) in [6, 6.07) is -1.04. The quantitative estimate of drug-likeness (QED) is 0.182. The first-order chi connectivity index (χ1) is 22.9. The Hall–Kier alpha value is -3.66. The molecule has 0 saturated heterocycles. The number of carboxylic acids is 1. The highest BCUT2D eigenvalue weighted by molar-refractivity contribution is 5.74. The number of likely N-dealkylation sites (N-methyl/N-ethyl adjacent to an activating group) is 2. The normalized spacial score (nSPS) is 13.4. The van der Waals surface area contributed by atoms with Gasteiger partial charge in [-0.1, -0.05) is 27.7 Å². The number of hydrogen-bond acceptors (Lipinski definition) is 7. The van der Waals surface area contributed by atoms with Gasteiger partial charge in [0.05, 0.1) is 17.7 Å². The van der Waals surface area contributed by atoms with Gasteiger partial charge in [0, 0.05) is 37.6 Å². The van der Waals surface area contributed by atoms with Crippen LogP contribution in [0, 0.1) is 11.8 Å². The zero-order valence-electron chi connectivity index (χ0n) is 30.1. The molecule has 16 heteroatoms. The van der Waals surface area contributed by atoms with Crippen LogP contribution < -0.4 is 11.1 Å². The summed E-state index contributed by atoms with van der Waals surface area (Å²) >= 11 is 0. The monoisotopic (exact) mass is 724 g/mol. The van der Waals surface area contributed by atoms with Crippen LogP contribution in [0.15, 0.2) is 34.1 Å². The van der Waals surface area contributed by atoms with E-state index in [9.17, 15) is 50.6 Å². The van der Waals surface area contributed by atoms with Crippen LogP contribution in [0.2, 0.25) is 0 Å². The van der Waals surface area contributed by atoms with Crippen LogP contribution in [0.5, 0.6) is 0 Å². The summed E-state index contributed by atoms with van der Waals surface area (Å²) in [4.78, 5) is 51.7. The van der Waals surface area contributed by atoms with Gasteiger partial charge in [-0.3, -0.25) is 9.59 Å². The fourth-order valence-corrected chi connectivity index (χ4v) is 5.07. The zero-order chi connectivity index (χ0) is 38.7. The van der Waals surface area contributed by atoms with Crippen LogP contribution >= 0.6 is 0 Å². The number of carbonyl (C=O) groups is 2. The molecule has 0 aromatic carbocycles. The minimum Gasteiger partial charge on any atom is -0.480 e. The van der Waals surface area contributed by atoms with E-state index >= 15 is 0 Å². The third-order valence-electron chi connectivity index (χ3n) is 7.50. The van der Waals surface area contributed by atoms with E-state index in [0.717, 1.165) is 15.3 Å². The Bertz CT molecular complexity index is 1530. The Kier molecular flexibility index (Phi) is 16.9. The summed E-state index contributed by atoms with van der Waals surface area (Å²) in [5.41, 5.74) is -3.85. The van der Waals surface area contributed by atoms with Crippen molar-refractivity contribution in [2.24, 2.45) is 11.8 Å². The molecule has 50 heavy (non-hydrogen) atoms. The second kappa shape index (κ2) is 19.1. The minimum atomic E-state index is -4.66. The van der Waals surface area contributed by atoms with Gasteiger partial charge < -0.3 is 28.8 Å². The van der Waals surface area contributed by atoms with Gasteiger partial charge >= 0.3 is 24.3 Å². The molecule has 0 aliphatic rings. The van der Waals surface area contributed by atoms with Crippen molar-refractivity contribution >= 4 is 11.9 Å². The van der Waals surface area contributed by atoms with E-state index < -0.39 is 58.6 Å². The molecule has 2 aromatic heterocycles. The zero-order valence-corrected chi connectivity index (χ0v) is 30.1. The third kappa shape index (κ3) is 13.9. The van der Waals surface area contributed by atoms with Gasteiger partial charge in [0.1, 0.15) is 12.1 Å². The molecule has 2 rings (SSSR count). The molecule has 10 nitrogen and oxygen atoms in total. The van der Waals surface area contributed by atoms with Crippen LogP contribution in [0.25, 0.3) is 0 Å². The summed E-state index contributed by atoms with van der Waals surface area (Å²) in [6.45, 7) is 9.83. The van der Waals surface area contributed by atoms with Gasteiger partial charge in [-0.25, -0.2) is 9.59 Å². The van der Waals surface area contributed by atoms with E-state index in [1.807, 2.05) is 13.8 Å². The molecule has 2 heterocycles. The van der Waals surface area contributed by atoms with Crippen molar-refractivity contribution < 1.29 is 45.8 Å². The maximum atomic E-state index is 13.3. The van der Waals surface area contributed by atoms with Crippen LogP contribution in [-0.2, 0) is 39.5 Å². The molecule has 0 saturated carbocycles. The molecule has 0 aliphatic carbocycles. The van der Waals surface area contributed by atoms with Crippen LogP contribution in [0.4, 0.5) is 26.3 Å². The number of esters is 1. The number of rotatable bonds is 15. The smallest absolute Gasteiger partial charge is 0.416 e. The molecular weight excluding hydrogens is 674 g/mol. The first kappa shape index (κ1) is 44.4. The van der Waals surface area contributed by atoms with Crippen LogP contribution in [0.1, 0.15) is 81.8 Å². The molecule has 2 unspecified atom stereocenters. The maximum absolute atomic E-state index is 13.3. The largest absolute Gasteiger partial charge is 0.480 e. The van der Waals surface area contributed by atoms with Crippen molar-refractivity contribution in [2.75, 3.05) is 47.9 Å². The highest BCUT2D eigenvalue weighted by atomic mass is 19.4. The van der Waals surface area contributed by atoms with Crippen LogP contribution in [0.3, 0.4) is 0 Å². The van der Waals surface area contributed by atoms with Crippen molar-refractivity contribution in [2.45, 2.75) is 84.7 Å². The number of carbonyl (C=O) groups excluding carboxylic acids is 1. The number of aliphatic carboxylic acids is 1. The number of carboxylic acid groups (broad SMARTS) is 1. The van der Waals surface area contributed by atoms with Gasteiger partial charge in [-0.05, 0) is 83.8 Å². The number of aromatic nitrogens is 2. The van der Waals surface area contributed by atoms with Crippen LogP contribution in [-0.4, -0.2) is 83.9 Å². The van der Waals surface area contributed by atoms with Gasteiger partial charge in [-0.15, -0.1) is 0 Å². The number of hydrogen-bond donors (Lipinski definition) is 1. The first-order valence-electron chi connectivity index (χ1n) is 16.2. The second-order valence-corrected chi connectivity index (χ2v) is 13.4. The molecule has 0 fully saturated rings. The average molecular weight is 725 g/mol. The highest BCUT2D eigenvalue weighted by Crippen LogP contribution is 2.33. The average Bonchev–Trinajstić information content (AvgIpc) is 2.96. The standard InChI is InChI=1S/C18H27F3N2O3.C16H23F3N2O3/c1-6-26-17(25)15(9-12(2)3)23-11-13(7-8-22(4)5)14(10-16(23)24)18(19,20)21;1-10(2)7-13(15(23)24)21-9-11(5-6-20(3)4)12(8-14(21)22)16(17,18)19/h10-12,15H,6-9H2,1-5H3;8-10,13H,5-7H2,1-4H3,(H,23,24). The van der Waals surface area contributed by atoms with E-state index in [4.69, 9.17) is 4.74 Å². The fraction of sp³-hybridized carbons (Fsp3) is 0.647. The number of alkyl halides is 6. The summed E-state index contributed by atoms with van der Waals surface area (Å²) in [7, 11) is 6.96. The summed E-state index contributed by atoms with van der Waals surface area (Å²) in [5, 5.41) is 9.35.